The molecule has 1 aromatic carbocycles. The van der Waals surface area contributed by atoms with Gasteiger partial charge in [-0.3, -0.25) is 4.79 Å². The molecule has 12 heavy (non-hydrogen) atoms. The van der Waals surface area contributed by atoms with Crippen molar-refractivity contribution in [2.75, 3.05) is 5.73 Å². The van der Waals surface area contributed by atoms with E-state index < -0.39 is 5.82 Å². The van der Waals surface area contributed by atoms with E-state index in [1.165, 1.54) is 19.1 Å². The van der Waals surface area contributed by atoms with Crippen LogP contribution in [0.25, 0.3) is 0 Å². The summed E-state index contributed by atoms with van der Waals surface area (Å²) in [6.45, 7) is 1.43. The van der Waals surface area contributed by atoms with E-state index in [9.17, 15) is 9.18 Å². The van der Waals surface area contributed by atoms with Gasteiger partial charge in [-0.15, -0.1) is 0 Å². The van der Waals surface area contributed by atoms with Crippen LogP contribution in [0, 0.1) is 9.39 Å². The molecule has 0 unspecified atom stereocenters. The van der Waals surface area contributed by atoms with Crippen LogP contribution in [0.5, 0.6) is 0 Å². The Bertz CT molecular complexity index is 338. The van der Waals surface area contributed by atoms with E-state index in [1.54, 1.807) is 0 Å². The number of carbonyl (C=O) groups is 1. The largest absolute Gasteiger partial charge is 0.395 e. The van der Waals surface area contributed by atoms with Gasteiger partial charge in [0, 0.05) is 9.13 Å². The zero-order chi connectivity index (χ0) is 9.30. The molecule has 0 aliphatic carbocycles. The molecule has 0 fully saturated rings. The summed E-state index contributed by atoms with van der Waals surface area (Å²) in [5.41, 5.74) is 5.90. The first-order chi connectivity index (χ1) is 5.54. The number of nitrogens with two attached hydrogens (primary N) is 1. The smallest absolute Gasteiger partial charge is 0.160 e. The fraction of sp³-hybridized carbons (Fsp3) is 0.125. The lowest BCUT2D eigenvalue weighted by Gasteiger charge is -2.03. The molecule has 2 N–H and O–H groups in total. The van der Waals surface area contributed by atoms with E-state index in [-0.39, 0.29) is 11.5 Å². The number of Topliss-reactive ketones (excluding diaryl/α,β-unsaturated/α-hetero) is 1. The molecular weight excluding hydrogens is 272 g/mol. The summed E-state index contributed by atoms with van der Waals surface area (Å²) in [6.07, 6.45) is 0. The average molecular weight is 279 g/mol. The highest BCUT2D eigenvalue weighted by molar-refractivity contribution is 14.1. The van der Waals surface area contributed by atoms with E-state index in [4.69, 9.17) is 5.73 Å². The highest BCUT2D eigenvalue weighted by Crippen LogP contribution is 2.22. The Morgan fingerprint density at radius 2 is 2.17 bits per heavy atom. The van der Waals surface area contributed by atoms with Crippen LogP contribution in [-0.4, -0.2) is 5.78 Å². The van der Waals surface area contributed by atoms with E-state index in [0.717, 1.165) is 0 Å². The van der Waals surface area contributed by atoms with Crippen LogP contribution in [0.3, 0.4) is 0 Å². The van der Waals surface area contributed by atoms with Gasteiger partial charge in [-0.25, -0.2) is 4.39 Å². The van der Waals surface area contributed by atoms with Crippen molar-refractivity contribution in [1.82, 2.24) is 0 Å². The summed E-state index contributed by atoms with van der Waals surface area (Å²) in [6, 6.07) is 2.64. The highest BCUT2D eigenvalue weighted by Gasteiger charge is 2.10. The second kappa shape index (κ2) is 3.38. The molecule has 0 radical (unpaired) electrons. The first-order valence-corrected chi connectivity index (χ1v) is 4.36. The summed E-state index contributed by atoms with van der Waals surface area (Å²) >= 11 is 1.86. The SMILES string of the molecule is CC(=O)c1ccc(F)c(N)c1I. The monoisotopic (exact) mass is 279 g/mol. The predicted molar refractivity (Wildman–Crippen MR) is 53.5 cm³/mol. The maximum absolute atomic E-state index is 12.8. The van der Waals surface area contributed by atoms with Crippen LogP contribution >= 0.6 is 22.6 Å². The molecule has 0 bridgehead atoms. The Labute approximate surface area is 83.1 Å². The number of anilines is 1. The Morgan fingerprint density at radius 3 is 2.67 bits per heavy atom. The van der Waals surface area contributed by atoms with Crippen molar-refractivity contribution in [3.8, 4) is 0 Å². The zero-order valence-electron chi connectivity index (χ0n) is 6.40. The first kappa shape index (κ1) is 9.44. The first-order valence-electron chi connectivity index (χ1n) is 3.28. The second-order valence-corrected chi connectivity index (χ2v) is 3.46. The van der Waals surface area contributed by atoms with Crippen LogP contribution in [0.15, 0.2) is 12.1 Å². The van der Waals surface area contributed by atoms with Crippen molar-refractivity contribution >= 4 is 34.1 Å². The standard InChI is InChI=1S/C8H7FINO/c1-4(12)5-2-3-6(9)8(11)7(5)10/h2-3H,11H2,1H3. The Morgan fingerprint density at radius 1 is 1.58 bits per heavy atom. The molecule has 4 heteroatoms. The highest BCUT2D eigenvalue weighted by atomic mass is 127. The third kappa shape index (κ3) is 1.57. The fourth-order valence-corrected chi connectivity index (χ4v) is 1.66. The molecule has 0 saturated heterocycles. The van der Waals surface area contributed by atoms with Gasteiger partial charge >= 0.3 is 0 Å². The van der Waals surface area contributed by atoms with Gasteiger partial charge in [0.2, 0.25) is 0 Å². The summed E-state index contributed by atoms with van der Waals surface area (Å²) < 4.78 is 13.3. The summed E-state index contributed by atoms with van der Waals surface area (Å²) in [5, 5.41) is 0. The summed E-state index contributed by atoms with van der Waals surface area (Å²) in [4.78, 5) is 10.9. The van der Waals surface area contributed by atoms with Gasteiger partial charge in [0.15, 0.2) is 5.78 Å². The minimum Gasteiger partial charge on any atom is -0.395 e. The molecule has 0 atom stereocenters. The van der Waals surface area contributed by atoms with Gasteiger partial charge in [0.25, 0.3) is 0 Å². The van der Waals surface area contributed by atoms with Crippen molar-refractivity contribution < 1.29 is 9.18 Å². The Kier molecular flexibility index (Phi) is 2.66. The van der Waals surface area contributed by atoms with Crippen molar-refractivity contribution in [3.05, 3.63) is 27.1 Å². The number of nitrogen functional groups attached to an aromatic ring is 1. The minimum atomic E-state index is -0.482. The van der Waals surface area contributed by atoms with E-state index in [1.807, 2.05) is 22.6 Å². The third-order valence-corrected chi connectivity index (χ3v) is 2.67. The molecular formula is C8H7FINO. The summed E-state index contributed by atoms with van der Waals surface area (Å²) in [7, 11) is 0. The number of carbonyl (C=O) groups excluding carboxylic acids is 1. The van der Waals surface area contributed by atoms with Crippen molar-refractivity contribution in [3.63, 3.8) is 0 Å². The number of ketones is 1. The van der Waals surface area contributed by atoms with Gasteiger partial charge in [-0.05, 0) is 41.6 Å². The van der Waals surface area contributed by atoms with Crippen LogP contribution in [0.1, 0.15) is 17.3 Å². The molecule has 64 valence electrons. The molecule has 0 aromatic heterocycles. The number of benzene rings is 1. The van der Waals surface area contributed by atoms with E-state index in [0.29, 0.717) is 9.13 Å². The molecule has 0 amide bonds. The van der Waals surface area contributed by atoms with Gasteiger partial charge in [0.1, 0.15) is 5.82 Å². The minimum absolute atomic E-state index is 0.0447. The van der Waals surface area contributed by atoms with Crippen molar-refractivity contribution in [2.45, 2.75) is 6.92 Å². The molecule has 0 spiro atoms. The van der Waals surface area contributed by atoms with Crippen LogP contribution < -0.4 is 5.73 Å². The molecule has 1 aromatic rings. The van der Waals surface area contributed by atoms with Gasteiger partial charge in [-0.1, -0.05) is 0 Å². The second-order valence-electron chi connectivity index (χ2n) is 2.38. The third-order valence-electron chi connectivity index (χ3n) is 1.51. The number of hydrogen-bond acceptors (Lipinski definition) is 2. The van der Waals surface area contributed by atoms with Crippen molar-refractivity contribution in [2.24, 2.45) is 0 Å². The van der Waals surface area contributed by atoms with Crippen LogP contribution in [0.2, 0.25) is 0 Å². The maximum Gasteiger partial charge on any atom is 0.160 e. The quantitative estimate of drug-likeness (QED) is 0.486. The normalized spacial score (nSPS) is 9.92. The molecule has 0 heterocycles. The Balaban J connectivity index is 3.36. The van der Waals surface area contributed by atoms with Crippen LogP contribution in [0.4, 0.5) is 10.1 Å². The fourth-order valence-electron chi connectivity index (χ4n) is 0.841. The van der Waals surface area contributed by atoms with E-state index in [2.05, 4.69) is 0 Å². The molecule has 2 nitrogen and oxygen atoms in total. The summed E-state index contributed by atoms with van der Waals surface area (Å²) in [5.74, 6) is -0.587. The Hall–Kier alpha value is -0.650. The van der Waals surface area contributed by atoms with Gasteiger partial charge in [0.05, 0.1) is 5.69 Å². The molecule has 0 saturated carbocycles. The van der Waals surface area contributed by atoms with Crippen LogP contribution in [-0.2, 0) is 0 Å². The predicted octanol–water partition coefficient (Wildman–Crippen LogP) is 2.22. The lowest BCUT2D eigenvalue weighted by molar-refractivity contribution is 0.101. The molecule has 1 rings (SSSR count). The number of hydrogen-bond donors (Lipinski definition) is 1. The molecule has 0 aliphatic rings. The van der Waals surface area contributed by atoms with Crippen molar-refractivity contribution in [1.29, 1.82) is 0 Å². The average Bonchev–Trinajstić information content (AvgIpc) is 2.00. The lowest BCUT2D eigenvalue weighted by atomic mass is 10.1. The lowest BCUT2D eigenvalue weighted by Crippen LogP contribution is -2.02. The number of rotatable bonds is 1. The molecule has 0 aliphatic heterocycles. The maximum atomic E-state index is 12.8. The number of halogens is 2. The van der Waals surface area contributed by atoms with Gasteiger partial charge in [-0.2, -0.15) is 0 Å². The topological polar surface area (TPSA) is 43.1 Å². The van der Waals surface area contributed by atoms with E-state index >= 15 is 0 Å². The van der Waals surface area contributed by atoms with Gasteiger partial charge < -0.3 is 5.73 Å². The zero-order valence-corrected chi connectivity index (χ0v) is 8.55.